The van der Waals surface area contributed by atoms with Crippen molar-refractivity contribution < 1.29 is 18.2 Å². The first kappa shape index (κ1) is 15.0. The highest BCUT2D eigenvalue weighted by Crippen LogP contribution is 2.44. The highest BCUT2D eigenvalue weighted by Gasteiger charge is 2.49. The van der Waals surface area contributed by atoms with Gasteiger partial charge in [0.2, 0.25) is 0 Å². The molecule has 1 aromatic carbocycles. The highest BCUT2D eigenvalue weighted by molar-refractivity contribution is 7.91. The maximum atomic E-state index is 12.6. The largest absolute Gasteiger partial charge is 0.232 e. The van der Waals surface area contributed by atoms with Gasteiger partial charge in [0.15, 0.2) is 9.84 Å². The molecular formula is C16H22O4S. The fourth-order valence-electron chi connectivity index (χ4n) is 3.44. The quantitative estimate of drug-likeness (QED) is 0.805. The Bertz CT molecular complexity index is 598. The zero-order chi connectivity index (χ0) is 15.1. The van der Waals surface area contributed by atoms with Gasteiger partial charge in [0, 0.05) is 0 Å². The van der Waals surface area contributed by atoms with Gasteiger partial charge in [0.05, 0.1) is 16.8 Å². The topological polar surface area (TPSA) is 52.6 Å². The number of sulfone groups is 1. The van der Waals surface area contributed by atoms with E-state index >= 15 is 0 Å². The van der Waals surface area contributed by atoms with Gasteiger partial charge >= 0.3 is 0 Å². The van der Waals surface area contributed by atoms with Crippen molar-refractivity contribution in [2.24, 2.45) is 11.8 Å². The maximum absolute atomic E-state index is 12.6. The summed E-state index contributed by atoms with van der Waals surface area (Å²) in [7, 11) is -3.37. The van der Waals surface area contributed by atoms with Crippen LogP contribution in [0.4, 0.5) is 0 Å². The Hall–Kier alpha value is -0.910. The molecule has 0 radical (unpaired) electrons. The molecule has 1 saturated carbocycles. The van der Waals surface area contributed by atoms with Gasteiger partial charge in [-0.3, -0.25) is 0 Å². The average molecular weight is 310 g/mol. The van der Waals surface area contributed by atoms with Crippen molar-refractivity contribution in [1.29, 1.82) is 0 Å². The summed E-state index contributed by atoms with van der Waals surface area (Å²) in [6.45, 7) is 4.03. The molecule has 1 heterocycles. The lowest BCUT2D eigenvalue weighted by Gasteiger charge is -2.47. The lowest BCUT2D eigenvalue weighted by molar-refractivity contribution is -0.427. The SMILES string of the molecule is CC1CCC2CC1OO[C@]2(C)CS(=O)(=O)c1ccccc1. The van der Waals surface area contributed by atoms with Crippen LogP contribution >= 0.6 is 0 Å². The Kier molecular flexibility index (Phi) is 3.84. The fourth-order valence-corrected chi connectivity index (χ4v) is 5.22. The van der Waals surface area contributed by atoms with Crippen LogP contribution in [0.1, 0.15) is 33.1 Å². The van der Waals surface area contributed by atoms with E-state index in [1.807, 2.05) is 13.0 Å². The summed E-state index contributed by atoms with van der Waals surface area (Å²) in [6.07, 6.45) is 3.07. The van der Waals surface area contributed by atoms with Gasteiger partial charge in [-0.1, -0.05) is 25.1 Å². The summed E-state index contributed by atoms with van der Waals surface area (Å²) in [5.41, 5.74) is -0.759. The van der Waals surface area contributed by atoms with Crippen molar-refractivity contribution in [2.45, 2.75) is 49.7 Å². The van der Waals surface area contributed by atoms with Crippen LogP contribution in [0.3, 0.4) is 0 Å². The zero-order valence-electron chi connectivity index (χ0n) is 12.5. The van der Waals surface area contributed by atoms with E-state index in [0.29, 0.717) is 10.8 Å². The van der Waals surface area contributed by atoms with Gasteiger partial charge in [-0.25, -0.2) is 18.2 Å². The third-order valence-electron chi connectivity index (χ3n) is 4.93. The Morgan fingerprint density at radius 1 is 1.24 bits per heavy atom. The molecule has 0 amide bonds. The van der Waals surface area contributed by atoms with Gasteiger partial charge < -0.3 is 0 Å². The van der Waals surface area contributed by atoms with Crippen LogP contribution in [0.25, 0.3) is 0 Å². The van der Waals surface area contributed by atoms with E-state index in [9.17, 15) is 8.42 Å². The minimum atomic E-state index is -3.37. The summed E-state index contributed by atoms with van der Waals surface area (Å²) < 4.78 is 25.2. The van der Waals surface area contributed by atoms with Crippen molar-refractivity contribution in [3.8, 4) is 0 Å². The van der Waals surface area contributed by atoms with E-state index in [1.165, 1.54) is 0 Å². The Balaban J connectivity index is 1.81. The smallest absolute Gasteiger partial charge is 0.181 e. The third kappa shape index (κ3) is 2.87. The van der Waals surface area contributed by atoms with Gasteiger partial charge in [-0.15, -0.1) is 0 Å². The Labute approximate surface area is 126 Å². The number of hydrogen-bond acceptors (Lipinski definition) is 4. The molecule has 1 aliphatic carbocycles. The third-order valence-corrected chi connectivity index (χ3v) is 6.87. The monoisotopic (exact) mass is 310 g/mol. The van der Waals surface area contributed by atoms with Crippen LogP contribution in [-0.4, -0.2) is 25.9 Å². The first-order valence-corrected chi connectivity index (χ1v) is 9.18. The molecule has 3 rings (SSSR count). The molecular weight excluding hydrogens is 288 g/mol. The number of benzene rings is 1. The molecule has 2 fully saturated rings. The van der Waals surface area contributed by atoms with Crippen LogP contribution in [0.2, 0.25) is 0 Å². The van der Waals surface area contributed by atoms with Crippen LogP contribution in [0.5, 0.6) is 0 Å². The molecule has 116 valence electrons. The second-order valence-electron chi connectivity index (χ2n) is 6.59. The summed E-state index contributed by atoms with van der Waals surface area (Å²) in [5.74, 6) is 0.693. The second kappa shape index (κ2) is 5.38. The molecule has 0 N–H and O–H groups in total. The molecule has 5 heteroatoms. The molecule has 0 spiro atoms. The minimum Gasteiger partial charge on any atom is -0.232 e. The molecule has 4 nitrogen and oxygen atoms in total. The van der Waals surface area contributed by atoms with Gasteiger partial charge in [0.25, 0.3) is 0 Å². The van der Waals surface area contributed by atoms with Gasteiger partial charge in [-0.2, -0.15) is 0 Å². The lowest BCUT2D eigenvalue weighted by atomic mass is 9.73. The van der Waals surface area contributed by atoms with Crippen LogP contribution in [-0.2, 0) is 19.6 Å². The van der Waals surface area contributed by atoms with E-state index in [1.54, 1.807) is 24.3 Å². The molecule has 1 aliphatic heterocycles. The molecule has 2 bridgehead atoms. The number of fused-ring (bicyclic) bond motifs is 2. The first-order chi connectivity index (χ1) is 9.91. The summed E-state index contributed by atoms with van der Waals surface area (Å²) in [6, 6.07) is 8.56. The predicted octanol–water partition coefficient (Wildman–Crippen LogP) is 2.99. The Morgan fingerprint density at radius 3 is 2.67 bits per heavy atom. The minimum absolute atomic E-state index is 0.0320. The van der Waals surface area contributed by atoms with Crippen molar-refractivity contribution >= 4 is 9.84 Å². The van der Waals surface area contributed by atoms with E-state index in [4.69, 9.17) is 9.78 Å². The van der Waals surface area contributed by atoms with Gasteiger partial charge in [0.1, 0.15) is 5.60 Å². The number of hydrogen-bond donors (Lipinski definition) is 0. The molecule has 4 atom stereocenters. The van der Waals surface area contributed by atoms with E-state index in [2.05, 4.69) is 6.92 Å². The molecule has 21 heavy (non-hydrogen) atoms. The van der Waals surface area contributed by atoms with E-state index in [0.717, 1.165) is 19.3 Å². The summed E-state index contributed by atoms with van der Waals surface area (Å²) >= 11 is 0. The van der Waals surface area contributed by atoms with Crippen molar-refractivity contribution in [1.82, 2.24) is 0 Å². The molecule has 3 unspecified atom stereocenters. The summed E-state index contributed by atoms with van der Waals surface area (Å²) in [5, 5.41) is 0. The fraction of sp³-hybridized carbons (Fsp3) is 0.625. The average Bonchev–Trinajstić information content (AvgIpc) is 2.46. The van der Waals surface area contributed by atoms with E-state index in [-0.39, 0.29) is 17.8 Å². The Morgan fingerprint density at radius 2 is 1.95 bits per heavy atom. The predicted molar refractivity (Wildman–Crippen MR) is 79.4 cm³/mol. The normalized spacial score (nSPS) is 36.4. The van der Waals surface area contributed by atoms with Gasteiger partial charge in [-0.05, 0) is 50.2 Å². The first-order valence-electron chi connectivity index (χ1n) is 7.53. The molecule has 1 saturated heterocycles. The van der Waals surface area contributed by atoms with Crippen molar-refractivity contribution in [2.75, 3.05) is 5.75 Å². The van der Waals surface area contributed by atoms with Crippen LogP contribution < -0.4 is 0 Å². The molecule has 2 aliphatic rings. The van der Waals surface area contributed by atoms with E-state index < -0.39 is 15.4 Å². The number of rotatable bonds is 3. The summed E-state index contributed by atoms with van der Waals surface area (Å²) in [4.78, 5) is 11.4. The van der Waals surface area contributed by atoms with Crippen molar-refractivity contribution in [3.05, 3.63) is 30.3 Å². The van der Waals surface area contributed by atoms with Crippen LogP contribution in [0.15, 0.2) is 35.2 Å². The standard InChI is InChI=1S/C16H22O4S/c1-12-8-9-13-10-15(12)19-20-16(13,2)11-21(17,18)14-6-4-3-5-7-14/h3-7,12-13,15H,8-11H2,1-2H3/t12?,13?,15?,16-/m1/s1. The maximum Gasteiger partial charge on any atom is 0.181 e. The van der Waals surface area contributed by atoms with Crippen LogP contribution in [0, 0.1) is 11.8 Å². The second-order valence-corrected chi connectivity index (χ2v) is 8.58. The zero-order valence-corrected chi connectivity index (χ0v) is 13.3. The van der Waals surface area contributed by atoms with Crippen molar-refractivity contribution in [3.63, 3.8) is 0 Å². The molecule has 1 aromatic rings. The lowest BCUT2D eigenvalue weighted by Crippen LogP contribution is -2.53. The molecule has 0 aromatic heterocycles. The highest BCUT2D eigenvalue weighted by atomic mass is 32.2.